The number of hydrogen-bond donors (Lipinski definition) is 1. The van der Waals surface area contributed by atoms with Gasteiger partial charge in [-0.25, -0.2) is 0 Å². The van der Waals surface area contributed by atoms with Gasteiger partial charge >= 0.3 is 0 Å². The third-order valence-corrected chi connectivity index (χ3v) is 6.12. The van der Waals surface area contributed by atoms with E-state index < -0.39 is 0 Å². The molecule has 5 heteroatoms. The molecule has 0 aromatic heterocycles. The summed E-state index contributed by atoms with van der Waals surface area (Å²) < 4.78 is 0. The van der Waals surface area contributed by atoms with Crippen LogP contribution in [0.15, 0.2) is 12.2 Å². The number of rotatable bonds is 15. The topological polar surface area (TPSA) is 39.0 Å². The van der Waals surface area contributed by atoms with Crippen molar-refractivity contribution in [2.24, 2.45) is 5.73 Å². The van der Waals surface area contributed by atoms with Gasteiger partial charge in [-0.15, -0.1) is 0 Å². The van der Waals surface area contributed by atoms with Crippen LogP contribution in [0.2, 0.25) is 0 Å². The van der Waals surface area contributed by atoms with Crippen LogP contribution in [0.4, 0.5) is 0 Å². The SMILES string of the molecule is C1N2CN3CN1CN(C2)C3.CCCCCCCC/C=C\CCCCCCCCN. The van der Waals surface area contributed by atoms with Crippen molar-refractivity contribution in [3.63, 3.8) is 0 Å². The lowest BCUT2D eigenvalue weighted by atomic mass is 10.1. The third kappa shape index (κ3) is 11.5. The Morgan fingerprint density at radius 1 is 0.517 bits per heavy atom. The van der Waals surface area contributed by atoms with Crippen molar-refractivity contribution < 1.29 is 0 Å². The van der Waals surface area contributed by atoms with Gasteiger partial charge in [0.15, 0.2) is 0 Å². The Morgan fingerprint density at radius 2 is 0.862 bits per heavy atom. The summed E-state index contributed by atoms with van der Waals surface area (Å²) in [5.74, 6) is 0. The monoisotopic (exact) mass is 407 g/mol. The molecule has 4 aliphatic heterocycles. The zero-order valence-corrected chi connectivity index (χ0v) is 19.4. The van der Waals surface area contributed by atoms with E-state index in [4.69, 9.17) is 5.73 Å². The van der Waals surface area contributed by atoms with E-state index in [0.717, 1.165) is 6.54 Å². The third-order valence-electron chi connectivity index (χ3n) is 6.12. The van der Waals surface area contributed by atoms with Crippen LogP contribution in [0, 0.1) is 0 Å². The minimum atomic E-state index is 0.862. The summed E-state index contributed by atoms with van der Waals surface area (Å²) in [5.41, 5.74) is 5.47. The molecule has 0 aliphatic carbocycles. The van der Waals surface area contributed by atoms with Gasteiger partial charge in [0, 0.05) is 0 Å². The van der Waals surface area contributed by atoms with Gasteiger partial charge in [-0.3, -0.25) is 19.6 Å². The molecule has 0 saturated carbocycles. The zero-order chi connectivity index (χ0) is 20.6. The number of allylic oxidation sites excluding steroid dienone is 2. The summed E-state index contributed by atoms with van der Waals surface area (Å²) in [6.45, 7) is 10.3. The average molecular weight is 408 g/mol. The quantitative estimate of drug-likeness (QED) is 0.307. The van der Waals surface area contributed by atoms with Gasteiger partial charge in [0.05, 0.1) is 40.0 Å². The normalized spacial score (nSPS) is 27.4. The number of hydrogen-bond acceptors (Lipinski definition) is 5. The first kappa shape index (κ1) is 24.8. The molecule has 5 nitrogen and oxygen atoms in total. The molecule has 0 aromatic carbocycles. The highest BCUT2D eigenvalue weighted by Crippen LogP contribution is 2.20. The Labute approximate surface area is 181 Å². The highest BCUT2D eigenvalue weighted by atomic mass is 15.7. The van der Waals surface area contributed by atoms with Crippen molar-refractivity contribution in [3.05, 3.63) is 12.2 Å². The lowest BCUT2D eigenvalue weighted by molar-refractivity contribution is -0.194. The maximum atomic E-state index is 5.47. The second-order valence-corrected chi connectivity index (χ2v) is 9.26. The smallest absolute Gasteiger partial charge is 0.0555 e. The summed E-state index contributed by atoms with van der Waals surface area (Å²) in [5, 5.41) is 0. The highest BCUT2D eigenvalue weighted by molar-refractivity contribution is 4.81. The van der Waals surface area contributed by atoms with E-state index in [1.807, 2.05) is 0 Å². The number of nitrogens with two attached hydrogens (primary N) is 1. The molecule has 4 saturated heterocycles. The van der Waals surface area contributed by atoms with Crippen LogP contribution in [0.1, 0.15) is 96.8 Å². The van der Waals surface area contributed by atoms with Crippen LogP contribution in [0.5, 0.6) is 0 Å². The van der Waals surface area contributed by atoms with Crippen LogP contribution in [0.3, 0.4) is 0 Å². The van der Waals surface area contributed by atoms with Crippen molar-refractivity contribution in [1.29, 1.82) is 0 Å². The van der Waals surface area contributed by atoms with E-state index >= 15 is 0 Å². The Balaban J connectivity index is 0.000000243. The first-order chi connectivity index (χ1) is 14.3. The van der Waals surface area contributed by atoms with E-state index in [1.54, 1.807) is 0 Å². The molecule has 29 heavy (non-hydrogen) atoms. The Bertz CT molecular complexity index is 356. The van der Waals surface area contributed by atoms with Crippen molar-refractivity contribution >= 4 is 0 Å². The predicted molar refractivity (Wildman–Crippen MR) is 125 cm³/mol. The standard InChI is InChI=1S/C18H37N.C6H12N4/c1-2-3-4-5-6-7-8-9-10-11-12-13-14-15-16-17-18-19;1-7-2-9-4-8(1)5-10(3-7)6-9/h9-10H,2-8,11-19H2,1H3;1-6H2/b10-9-;. The summed E-state index contributed by atoms with van der Waals surface area (Å²) in [7, 11) is 0. The summed E-state index contributed by atoms with van der Waals surface area (Å²) >= 11 is 0. The summed E-state index contributed by atoms with van der Waals surface area (Å²) in [4.78, 5) is 9.88. The largest absolute Gasteiger partial charge is 0.330 e. The van der Waals surface area contributed by atoms with Crippen molar-refractivity contribution in [2.75, 3.05) is 46.6 Å². The fourth-order valence-corrected chi connectivity index (χ4v) is 4.63. The minimum Gasteiger partial charge on any atom is -0.330 e. The lowest BCUT2D eigenvalue weighted by Crippen LogP contribution is -2.71. The van der Waals surface area contributed by atoms with Gasteiger partial charge in [0.1, 0.15) is 0 Å². The average Bonchev–Trinajstić information content (AvgIpc) is 2.70. The van der Waals surface area contributed by atoms with Gasteiger partial charge in [0.25, 0.3) is 0 Å². The van der Waals surface area contributed by atoms with E-state index in [-0.39, 0.29) is 0 Å². The molecule has 0 amide bonds. The molecular weight excluding hydrogens is 358 g/mol. The van der Waals surface area contributed by atoms with E-state index in [2.05, 4.69) is 38.7 Å². The summed E-state index contributed by atoms with van der Waals surface area (Å²) in [6, 6.07) is 0. The second-order valence-electron chi connectivity index (χ2n) is 9.26. The molecule has 4 bridgehead atoms. The fraction of sp³-hybridized carbons (Fsp3) is 0.917. The minimum absolute atomic E-state index is 0.862. The Kier molecular flexibility index (Phi) is 13.9. The predicted octanol–water partition coefficient (Wildman–Crippen LogP) is 4.96. The van der Waals surface area contributed by atoms with E-state index in [9.17, 15) is 0 Å². The first-order valence-electron chi connectivity index (χ1n) is 12.6. The fourth-order valence-electron chi connectivity index (χ4n) is 4.63. The van der Waals surface area contributed by atoms with E-state index in [0.29, 0.717) is 0 Å². The molecule has 170 valence electrons. The first-order valence-corrected chi connectivity index (χ1v) is 12.6. The van der Waals surface area contributed by atoms with Gasteiger partial charge in [-0.05, 0) is 38.6 Å². The molecule has 4 aliphatic rings. The summed E-state index contributed by atoms with van der Waals surface area (Å²) in [6.07, 6.45) is 23.9. The maximum absolute atomic E-state index is 5.47. The number of nitrogens with zero attached hydrogens (tertiary/aromatic N) is 4. The molecule has 0 unspecified atom stereocenters. The van der Waals surface area contributed by atoms with E-state index in [1.165, 1.54) is 130 Å². The van der Waals surface area contributed by atoms with Crippen LogP contribution in [-0.4, -0.2) is 66.2 Å². The molecule has 2 N–H and O–H groups in total. The molecule has 0 radical (unpaired) electrons. The van der Waals surface area contributed by atoms with Crippen LogP contribution in [-0.2, 0) is 0 Å². The highest BCUT2D eigenvalue weighted by Gasteiger charge is 2.36. The molecule has 0 aromatic rings. The van der Waals surface area contributed by atoms with Gasteiger partial charge in [-0.2, -0.15) is 0 Å². The van der Waals surface area contributed by atoms with Crippen LogP contribution in [0.25, 0.3) is 0 Å². The molecule has 4 rings (SSSR count). The van der Waals surface area contributed by atoms with Crippen molar-refractivity contribution in [2.45, 2.75) is 96.8 Å². The molecule has 0 atom stereocenters. The molecule has 4 heterocycles. The zero-order valence-electron chi connectivity index (χ0n) is 19.4. The van der Waals surface area contributed by atoms with Gasteiger partial charge < -0.3 is 5.73 Å². The van der Waals surface area contributed by atoms with Gasteiger partial charge in [0.2, 0.25) is 0 Å². The van der Waals surface area contributed by atoms with Crippen LogP contribution >= 0.6 is 0 Å². The van der Waals surface area contributed by atoms with Crippen molar-refractivity contribution in [1.82, 2.24) is 19.6 Å². The molecule has 0 spiro atoms. The number of unbranched alkanes of at least 4 members (excludes halogenated alkanes) is 12. The Morgan fingerprint density at radius 3 is 1.24 bits per heavy atom. The molecular formula is C24H49N5. The lowest BCUT2D eigenvalue weighted by Gasteiger charge is -2.56. The molecule has 4 fully saturated rings. The Hall–Kier alpha value is -0.460. The van der Waals surface area contributed by atoms with Gasteiger partial charge in [-0.1, -0.05) is 76.9 Å². The second kappa shape index (κ2) is 16.3. The van der Waals surface area contributed by atoms with Crippen LogP contribution < -0.4 is 5.73 Å². The van der Waals surface area contributed by atoms with Crippen molar-refractivity contribution in [3.8, 4) is 0 Å². The maximum Gasteiger partial charge on any atom is 0.0555 e.